The van der Waals surface area contributed by atoms with Crippen LogP contribution in [-0.2, 0) is 10.0 Å². The van der Waals surface area contributed by atoms with Gasteiger partial charge in [0.2, 0.25) is 15.2 Å². The number of anilines is 1. The Labute approximate surface area is 216 Å². The zero-order chi connectivity index (χ0) is 25.7. The first kappa shape index (κ1) is 26.0. The number of sulfonamides is 1. The highest BCUT2D eigenvalue weighted by Crippen LogP contribution is 2.27. The Bertz CT molecular complexity index is 1400. The fourth-order valence-electron chi connectivity index (χ4n) is 3.82. The molecule has 0 unspecified atom stereocenters. The number of carbonyl (C=O) groups excluding carboxylic acids is 1. The molecule has 36 heavy (non-hydrogen) atoms. The molecular formula is C26H31N5O3S2. The minimum Gasteiger partial charge on any atom is -0.306 e. The number of amides is 1. The third kappa shape index (κ3) is 5.66. The lowest BCUT2D eigenvalue weighted by Gasteiger charge is -2.22. The quantitative estimate of drug-likeness (QED) is 0.274. The number of hydrogen-bond donors (Lipinski definition) is 1. The van der Waals surface area contributed by atoms with E-state index in [4.69, 9.17) is 0 Å². The van der Waals surface area contributed by atoms with Crippen molar-refractivity contribution in [1.29, 1.82) is 0 Å². The Balaban J connectivity index is 1.53. The van der Waals surface area contributed by atoms with Crippen molar-refractivity contribution in [2.24, 2.45) is 0 Å². The molecule has 0 saturated heterocycles. The number of aryl methyl sites for hydroxylation is 1. The maximum absolute atomic E-state index is 13.2. The van der Waals surface area contributed by atoms with Gasteiger partial charge in [-0.05, 0) is 56.2 Å². The molecule has 0 aliphatic carbocycles. The predicted octanol–water partition coefficient (Wildman–Crippen LogP) is 5.63. The summed E-state index contributed by atoms with van der Waals surface area (Å²) in [5, 5.41) is 8.05. The van der Waals surface area contributed by atoms with Crippen LogP contribution in [0.25, 0.3) is 15.3 Å². The molecule has 0 fully saturated rings. The summed E-state index contributed by atoms with van der Waals surface area (Å²) < 4.78 is 30.6. The number of nitrogens with one attached hydrogen (secondary N) is 1. The zero-order valence-electron chi connectivity index (χ0n) is 20.8. The van der Waals surface area contributed by atoms with Crippen molar-refractivity contribution >= 4 is 43.3 Å². The van der Waals surface area contributed by atoms with Crippen LogP contribution in [0.4, 0.5) is 5.82 Å². The number of benzene rings is 2. The van der Waals surface area contributed by atoms with E-state index >= 15 is 0 Å². The molecule has 2 heterocycles. The van der Waals surface area contributed by atoms with E-state index in [0.717, 1.165) is 41.6 Å². The molecule has 0 aliphatic rings. The molecule has 1 amide bonds. The van der Waals surface area contributed by atoms with E-state index in [1.54, 1.807) is 27.2 Å². The third-order valence-corrected chi connectivity index (χ3v) is 8.74. The van der Waals surface area contributed by atoms with Crippen molar-refractivity contribution in [2.45, 2.75) is 51.3 Å². The van der Waals surface area contributed by atoms with E-state index < -0.39 is 10.0 Å². The molecule has 4 aromatic rings. The van der Waals surface area contributed by atoms with Gasteiger partial charge in [0, 0.05) is 24.7 Å². The molecule has 2 aromatic heterocycles. The van der Waals surface area contributed by atoms with Gasteiger partial charge in [0.25, 0.3) is 5.91 Å². The highest BCUT2D eigenvalue weighted by Gasteiger charge is 2.24. The van der Waals surface area contributed by atoms with Crippen molar-refractivity contribution in [3.8, 4) is 5.13 Å². The Kier molecular flexibility index (Phi) is 8.17. The van der Waals surface area contributed by atoms with Gasteiger partial charge in [-0.1, -0.05) is 50.2 Å². The van der Waals surface area contributed by atoms with Gasteiger partial charge in [-0.3, -0.25) is 4.79 Å². The third-order valence-electron chi connectivity index (χ3n) is 5.81. The second kappa shape index (κ2) is 11.3. The normalized spacial score (nSPS) is 11.9. The van der Waals surface area contributed by atoms with E-state index in [9.17, 15) is 13.2 Å². The molecule has 190 valence electrons. The summed E-state index contributed by atoms with van der Waals surface area (Å²) in [6.07, 6.45) is 3.46. The highest BCUT2D eigenvalue weighted by molar-refractivity contribution is 7.89. The largest absolute Gasteiger partial charge is 0.306 e. The Morgan fingerprint density at radius 3 is 2.33 bits per heavy atom. The maximum atomic E-state index is 13.2. The summed E-state index contributed by atoms with van der Waals surface area (Å²) in [6.45, 7) is 6.93. The first-order valence-electron chi connectivity index (χ1n) is 12.2. The minimum atomic E-state index is -3.62. The first-order valence-corrected chi connectivity index (χ1v) is 14.4. The SMILES string of the molecule is CCCCN(CCCC)S(=O)(=O)c1ccc(C(=O)Nc2cc(C)nn2-c2nc3ccccc3s2)cc1. The minimum absolute atomic E-state index is 0.196. The molecule has 10 heteroatoms. The van der Waals surface area contributed by atoms with Crippen LogP contribution in [0.5, 0.6) is 0 Å². The average molecular weight is 526 g/mol. The number of unbranched alkanes of at least 4 members (excludes halogenated alkanes) is 2. The Hall–Kier alpha value is -3.08. The lowest BCUT2D eigenvalue weighted by atomic mass is 10.2. The van der Waals surface area contributed by atoms with Gasteiger partial charge >= 0.3 is 0 Å². The molecule has 8 nitrogen and oxygen atoms in total. The number of aromatic nitrogens is 3. The van der Waals surface area contributed by atoms with Crippen molar-refractivity contribution in [3.63, 3.8) is 0 Å². The summed E-state index contributed by atoms with van der Waals surface area (Å²) in [4.78, 5) is 17.9. The molecule has 0 radical (unpaired) electrons. The monoisotopic (exact) mass is 525 g/mol. The van der Waals surface area contributed by atoms with Gasteiger partial charge in [-0.15, -0.1) is 0 Å². The van der Waals surface area contributed by atoms with Crippen LogP contribution in [0.2, 0.25) is 0 Å². The molecule has 0 atom stereocenters. The molecule has 0 spiro atoms. The average Bonchev–Trinajstić information content (AvgIpc) is 3.46. The molecule has 0 saturated carbocycles. The van der Waals surface area contributed by atoms with Gasteiger partial charge in [0.1, 0.15) is 5.82 Å². The lowest BCUT2D eigenvalue weighted by Crippen LogP contribution is -2.33. The summed E-state index contributed by atoms with van der Waals surface area (Å²) in [6, 6.07) is 15.7. The van der Waals surface area contributed by atoms with Crippen molar-refractivity contribution in [3.05, 3.63) is 65.9 Å². The molecule has 0 aliphatic heterocycles. The number of thiazole rings is 1. The number of hydrogen-bond acceptors (Lipinski definition) is 6. The van der Waals surface area contributed by atoms with E-state index in [1.165, 1.54) is 23.5 Å². The van der Waals surface area contributed by atoms with Gasteiger partial charge in [-0.25, -0.2) is 13.4 Å². The topological polar surface area (TPSA) is 97.2 Å². The number of fused-ring (bicyclic) bond motifs is 1. The van der Waals surface area contributed by atoms with Crippen molar-refractivity contribution < 1.29 is 13.2 Å². The molecule has 4 rings (SSSR count). The molecule has 1 N–H and O–H groups in total. The van der Waals surface area contributed by atoms with E-state index in [1.807, 2.05) is 45.0 Å². The van der Waals surface area contributed by atoms with E-state index in [2.05, 4.69) is 15.4 Å². The van der Waals surface area contributed by atoms with Crippen molar-refractivity contribution in [1.82, 2.24) is 19.1 Å². The smallest absolute Gasteiger partial charge is 0.256 e. The number of carbonyl (C=O) groups is 1. The van der Waals surface area contributed by atoms with Crippen LogP contribution in [0.3, 0.4) is 0 Å². The second-order valence-corrected chi connectivity index (χ2v) is 11.6. The number of para-hydroxylation sites is 1. The molecular weight excluding hydrogens is 494 g/mol. The Morgan fingerprint density at radius 1 is 1.03 bits per heavy atom. The van der Waals surface area contributed by atoms with Gasteiger partial charge in [0.05, 0.1) is 20.8 Å². The van der Waals surface area contributed by atoms with Crippen molar-refractivity contribution in [2.75, 3.05) is 18.4 Å². The second-order valence-electron chi connectivity index (χ2n) is 8.64. The molecule has 0 bridgehead atoms. The van der Waals surface area contributed by atoms with E-state index in [0.29, 0.717) is 29.6 Å². The maximum Gasteiger partial charge on any atom is 0.256 e. The summed E-state index contributed by atoms with van der Waals surface area (Å²) in [5.74, 6) is 0.147. The fourth-order valence-corrected chi connectivity index (χ4v) is 6.27. The summed E-state index contributed by atoms with van der Waals surface area (Å²) >= 11 is 1.49. The summed E-state index contributed by atoms with van der Waals surface area (Å²) in [5.41, 5.74) is 1.97. The van der Waals surface area contributed by atoms with Gasteiger partial charge in [0.15, 0.2) is 0 Å². The van der Waals surface area contributed by atoms with Crippen LogP contribution in [-0.4, -0.2) is 46.5 Å². The van der Waals surface area contributed by atoms with Crippen LogP contribution < -0.4 is 5.32 Å². The van der Waals surface area contributed by atoms with Crippen LogP contribution in [0.15, 0.2) is 59.5 Å². The lowest BCUT2D eigenvalue weighted by molar-refractivity contribution is 0.102. The van der Waals surface area contributed by atoms with Crippen LogP contribution in [0.1, 0.15) is 55.6 Å². The van der Waals surface area contributed by atoms with Crippen LogP contribution >= 0.6 is 11.3 Å². The molecule has 2 aromatic carbocycles. The number of rotatable bonds is 11. The highest BCUT2D eigenvalue weighted by atomic mass is 32.2. The summed E-state index contributed by atoms with van der Waals surface area (Å²) in [7, 11) is -3.62. The first-order chi connectivity index (χ1) is 17.3. The zero-order valence-corrected chi connectivity index (χ0v) is 22.4. The van der Waals surface area contributed by atoms with E-state index in [-0.39, 0.29) is 10.8 Å². The van der Waals surface area contributed by atoms with Crippen LogP contribution in [0, 0.1) is 6.92 Å². The Morgan fingerprint density at radius 2 is 1.69 bits per heavy atom. The predicted molar refractivity (Wildman–Crippen MR) is 144 cm³/mol. The standard InChI is InChI=1S/C26H31N5O3S2/c1-4-6-16-30(17-7-5-2)36(33,34)21-14-12-20(13-15-21)25(32)28-24-18-19(3)29-31(24)26-27-22-10-8-9-11-23(22)35-26/h8-15,18H,4-7,16-17H2,1-3H3,(H,28,32). The van der Waals surface area contributed by atoms with Gasteiger partial charge < -0.3 is 5.32 Å². The van der Waals surface area contributed by atoms with Gasteiger partial charge in [-0.2, -0.15) is 14.1 Å². The number of nitrogens with zero attached hydrogens (tertiary/aromatic N) is 4. The fraction of sp³-hybridized carbons (Fsp3) is 0.346.